The van der Waals surface area contributed by atoms with Crippen molar-refractivity contribution in [1.82, 2.24) is 9.78 Å². The van der Waals surface area contributed by atoms with Gasteiger partial charge in [-0.3, -0.25) is 9.69 Å². The molecule has 1 unspecified atom stereocenters. The summed E-state index contributed by atoms with van der Waals surface area (Å²) in [6.07, 6.45) is -3.37. The van der Waals surface area contributed by atoms with Crippen LogP contribution in [0.2, 0.25) is 5.02 Å². The molecule has 0 bridgehead atoms. The number of alkyl halides is 3. The van der Waals surface area contributed by atoms with Gasteiger partial charge in [-0.05, 0) is 42.1 Å². The maximum atomic E-state index is 13.2. The van der Waals surface area contributed by atoms with Crippen molar-refractivity contribution in [3.63, 3.8) is 0 Å². The van der Waals surface area contributed by atoms with Crippen LogP contribution in [0, 0.1) is 0 Å². The molecule has 3 heterocycles. The van der Waals surface area contributed by atoms with Gasteiger partial charge in [0.2, 0.25) is 0 Å². The number of fused-ring (bicyclic) bond motifs is 1. The van der Waals surface area contributed by atoms with Crippen LogP contribution >= 0.6 is 22.9 Å². The number of nitrogens with zero attached hydrogens (tertiary/aromatic N) is 3. The molecule has 29 heavy (non-hydrogen) atoms. The second-order valence-electron chi connectivity index (χ2n) is 6.50. The Morgan fingerprint density at radius 1 is 1.28 bits per heavy atom. The standard InChI is InChI=1S/C19H15ClF3N3O2S/c20-13-1-3-14(4-2-13)28-10-12-9-15(29-11-12)18(27)25-8-6-16(19(21,22)23)26-17(25)5-7-24-26/h1-5,7,9,11,16H,6,8,10H2. The van der Waals surface area contributed by atoms with Crippen LogP contribution in [0.5, 0.6) is 5.75 Å². The summed E-state index contributed by atoms with van der Waals surface area (Å²) < 4.78 is 46.2. The Hall–Kier alpha value is -2.52. The molecule has 0 saturated carbocycles. The molecular weight excluding hydrogens is 427 g/mol. The molecule has 0 spiro atoms. The van der Waals surface area contributed by atoms with E-state index in [9.17, 15) is 18.0 Å². The van der Waals surface area contributed by atoms with Crippen molar-refractivity contribution in [3.05, 3.63) is 63.4 Å². The van der Waals surface area contributed by atoms with Gasteiger partial charge in [0.05, 0.1) is 11.1 Å². The number of hydrogen-bond donors (Lipinski definition) is 0. The van der Waals surface area contributed by atoms with Crippen LogP contribution < -0.4 is 9.64 Å². The van der Waals surface area contributed by atoms with E-state index in [1.54, 1.807) is 35.7 Å². The van der Waals surface area contributed by atoms with Crippen LogP contribution in [-0.2, 0) is 6.61 Å². The Bertz CT molecular complexity index is 1020. The van der Waals surface area contributed by atoms with Crippen molar-refractivity contribution in [2.45, 2.75) is 25.2 Å². The number of carbonyl (C=O) groups is 1. The summed E-state index contributed by atoms with van der Waals surface area (Å²) in [5, 5.41) is 6.18. The molecule has 1 aromatic carbocycles. The van der Waals surface area contributed by atoms with Crippen molar-refractivity contribution >= 4 is 34.7 Å². The number of aromatic nitrogens is 2. The Morgan fingerprint density at radius 3 is 2.76 bits per heavy atom. The van der Waals surface area contributed by atoms with Crippen LogP contribution in [0.1, 0.15) is 27.7 Å². The number of benzene rings is 1. The number of thiophene rings is 1. The molecule has 5 nitrogen and oxygen atoms in total. The fraction of sp³-hybridized carbons (Fsp3) is 0.263. The Labute approximate surface area is 173 Å². The van der Waals surface area contributed by atoms with E-state index in [0.717, 1.165) is 10.2 Å². The summed E-state index contributed by atoms with van der Waals surface area (Å²) in [4.78, 5) is 14.7. The first-order chi connectivity index (χ1) is 13.8. The van der Waals surface area contributed by atoms with E-state index in [2.05, 4.69) is 5.10 Å². The van der Waals surface area contributed by atoms with Crippen LogP contribution in [0.3, 0.4) is 0 Å². The van der Waals surface area contributed by atoms with Gasteiger partial charge >= 0.3 is 6.18 Å². The quantitative estimate of drug-likeness (QED) is 0.549. The zero-order chi connectivity index (χ0) is 20.6. The van der Waals surface area contributed by atoms with Gasteiger partial charge in [-0.15, -0.1) is 11.3 Å². The van der Waals surface area contributed by atoms with Crippen molar-refractivity contribution in [2.24, 2.45) is 0 Å². The topological polar surface area (TPSA) is 47.4 Å². The number of halogens is 4. The van der Waals surface area contributed by atoms with Crippen molar-refractivity contribution in [1.29, 1.82) is 0 Å². The molecule has 0 N–H and O–H groups in total. The normalized spacial score (nSPS) is 16.6. The van der Waals surface area contributed by atoms with Crippen molar-refractivity contribution in [3.8, 4) is 5.75 Å². The Morgan fingerprint density at radius 2 is 2.03 bits per heavy atom. The molecule has 10 heteroatoms. The van der Waals surface area contributed by atoms with E-state index in [0.29, 0.717) is 15.6 Å². The lowest BCUT2D eigenvalue weighted by atomic mass is 10.1. The molecule has 1 aliphatic rings. The summed E-state index contributed by atoms with van der Waals surface area (Å²) >= 11 is 7.07. The maximum absolute atomic E-state index is 13.2. The number of rotatable bonds is 4. The molecule has 1 aliphatic heterocycles. The fourth-order valence-corrected chi connectivity index (χ4v) is 4.12. The SMILES string of the molecule is O=C(c1cc(COc2ccc(Cl)cc2)cs1)N1CCC(C(F)(F)F)n2nccc21. The highest BCUT2D eigenvalue weighted by Crippen LogP contribution is 2.39. The van der Waals surface area contributed by atoms with Gasteiger partial charge in [0.15, 0.2) is 6.04 Å². The monoisotopic (exact) mass is 441 g/mol. The predicted octanol–water partition coefficient (Wildman–Crippen LogP) is 5.33. The second kappa shape index (κ2) is 7.72. The molecule has 0 fully saturated rings. The minimum absolute atomic E-state index is 0.0246. The van der Waals surface area contributed by atoms with E-state index >= 15 is 0 Å². The van der Waals surface area contributed by atoms with Gasteiger partial charge in [0, 0.05) is 23.2 Å². The number of hydrogen-bond acceptors (Lipinski definition) is 4. The van der Waals surface area contributed by atoms with Crippen molar-refractivity contribution < 1.29 is 22.7 Å². The first kappa shape index (κ1) is 19.8. The lowest BCUT2D eigenvalue weighted by molar-refractivity contribution is -0.172. The molecular formula is C19H15ClF3N3O2S. The number of amides is 1. The summed E-state index contributed by atoms with van der Waals surface area (Å²) in [7, 11) is 0. The number of ether oxygens (including phenoxy) is 1. The molecule has 1 atom stereocenters. The zero-order valence-electron chi connectivity index (χ0n) is 14.9. The summed E-state index contributed by atoms with van der Waals surface area (Å²) in [5.74, 6) is 0.442. The number of anilines is 1. The van der Waals surface area contributed by atoms with Crippen LogP contribution in [0.15, 0.2) is 48.0 Å². The van der Waals surface area contributed by atoms with Gasteiger partial charge < -0.3 is 4.74 Å². The van der Waals surface area contributed by atoms with Crippen LogP contribution in [0.25, 0.3) is 0 Å². The highest BCUT2D eigenvalue weighted by molar-refractivity contribution is 7.12. The highest BCUT2D eigenvalue weighted by Gasteiger charge is 2.45. The Balaban J connectivity index is 1.47. The average molecular weight is 442 g/mol. The second-order valence-corrected chi connectivity index (χ2v) is 7.85. The van der Waals surface area contributed by atoms with E-state index in [-0.39, 0.29) is 31.3 Å². The van der Waals surface area contributed by atoms with Gasteiger partial charge in [0.1, 0.15) is 18.2 Å². The summed E-state index contributed by atoms with van der Waals surface area (Å²) in [6.45, 7) is 0.239. The molecule has 0 aliphatic carbocycles. The molecule has 3 aromatic rings. The van der Waals surface area contributed by atoms with E-state index in [1.807, 2.05) is 0 Å². The summed E-state index contributed by atoms with van der Waals surface area (Å²) in [5.41, 5.74) is 0.798. The minimum atomic E-state index is -4.41. The maximum Gasteiger partial charge on any atom is 0.410 e. The van der Waals surface area contributed by atoms with Crippen LogP contribution in [-0.4, -0.2) is 28.4 Å². The molecule has 0 saturated heterocycles. The van der Waals surface area contributed by atoms with Gasteiger partial charge in [-0.1, -0.05) is 11.6 Å². The number of carbonyl (C=O) groups excluding carboxylic acids is 1. The lowest BCUT2D eigenvalue weighted by Crippen LogP contribution is -2.42. The summed E-state index contributed by atoms with van der Waals surface area (Å²) in [6, 6.07) is 8.32. The third kappa shape index (κ3) is 4.11. The van der Waals surface area contributed by atoms with Gasteiger partial charge in [-0.25, -0.2) is 4.68 Å². The van der Waals surface area contributed by atoms with Crippen molar-refractivity contribution in [2.75, 3.05) is 11.4 Å². The molecule has 2 aromatic heterocycles. The molecule has 152 valence electrons. The Kier molecular flexibility index (Phi) is 5.26. The van der Waals surface area contributed by atoms with Gasteiger partial charge in [-0.2, -0.15) is 18.3 Å². The fourth-order valence-electron chi connectivity index (χ4n) is 3.15. The predicted molar refractivity (Wildman–Crippen MR) is 104 cm³/mol. The third-order valence-corrected chi connectivity index (χ3v) is 5.77. The molecule has 4 rings (SSSR count). The largest absolute Gasteiger partial charge is 0.489 e. The van der Waals surface area contributed by atoms with E-state index in [1.165, 1.54) is 28.5 Å². The first-order valence-electron chi connectivity index (χ1n) is 8.71. The highest BCUT2D eigenvalue weighted by atomic mass is 35.5. The van der Waals surface area contributed by atoms with Gasteiger partial charge in [0.25, 0.3) is 5.91 Å². The van der Waals surface area contributed by atoms with Crippen LogP contribution in [0.4, 0.5) is 19.0 Å². The smallest absolute Gasteiger partial charge is 0.410 e. The molecule has 0 radical (unpaired) electrons. The van der Waals surface area contributed by atoms with E-state index < -0.39 is 12.2 Å². The first-order valence-corrected chi connectivity index (χ1v) is 9.96. The lowest BCUT2D eigenvalue weighted by Gasteiger charge is -2.33. The average Bonchev–Trinajstić information content (AvgIpc) is 3.35. The molecule has 1 amide bonds. The third-order valence-electron chi connectivity index (χ3n) is 4.55. The minimum Gasteiger partial charge on any atom is -0.489 e. The van der Waals surface area contributed by atoms with E-state index in [4.69, 9.17) is 16.3 Å². The zero-order valence-corrected chi connectivity index (χ0v) is 16.5.